The lowest BCUT2D eigenvalue weighted by Crippen LogP contribution is -2.25. The molecule has 0 spiro atoms. The number of nitrogens with zero attached hydrogens (tertiary/aromatic N) is 3. The van der Waals surface area contributed by atoms with Crippen molar-refractivity contribution in [3.05, 3.63) is 47.8 Å². The van der Waals surface area contributed by atoms with Crippen molar-refractivity contribution in [2.24, 2.45) is 0 Å². The molecule has 0 aliphatic carbocycles. The van der Waals surface area contributed by atoms with E-state index in [2.05, 4.69) is 28.0 Å². The largest absolute Gasteiger partial charge is 0.486 e. The van der Waals surface area contributed by atoms with Gasteiger partial charge in [0.05, 0.1) is 12.3 Å². The summed E-state index contributed by atoms with van der Waals surface area (Å²) >= 11 is 7.13. The van der Waals surface area contributed by atoms with Crippen LogP contribution in [0.3, 0.4) is 0 Å². The van der Waals surface area contributed by atoms with Gasteiger partial charge in [0.1, 0.15) is 12.4 Å². The average Bonchev–Trinajstić information content (AvgIpc) is 3.00. The zero-order chi connectivity index (χ0) is 18.1. The number of carbonyl (C=O) groups is 1. The SMILES string of the molecule is C#CCNC(=O)CSc1nnc(COc2ccc(Cl)cc2)n1CC=C. The molecule has 1 aromatic heterocycles. The summed E-state index contributed by atoms with van der Waals surface area (Å²) in [5.74, 6) is 3.72. The zero-order valence-corrected chi connectivity index (χ0v) is 15.0. The minimum atomic E-state index is -0.157. The molecule has 0 bridgehead atoms. The van der Waals surface area contributed by atoms with Gasteiger partial charge in [-0.25, -0.2) is 0 Å². The number of terminal acetylenes is 1. The first-order valence-corrected chi connectivity index (χ1v) is 8.74. The lowest BCUT2D eigenvalue weighted by molar-refractivity contribution is -0.118. The molecule has 0 radical (unpaired) electrons. The number of hydrogen-bond acceptors (Lipinski definition) is 5. The van der Waals surface area contributed by atoms with Crippen LogP contribution >= 0.6 is 23.4 Å². The van der Waals surface area contributed by atoms with Crippen LogP contribution in [0, 0.1) is 12.3 Å². The molecular formula is C17H17ClN4O2S. The Labute approximate surface area is 155 Å². The molecule has 1 N–H and O–H groups in total. The highest BCUT2D eigenvalue weighted by Gasteiger charge is 2.14. The highest BCUT2D eigenvalue weighted by Crippen LogP contribution is 2.20. The number of rotatable bonds is 9. The van der Waals surface area contributed by atoms with Gasteiger partial charge in [-0.05, 0) is 24.3 Å². The minimum absolute atomic E-state index is 0.157. The molecule has 1 aromatic carbocycles. The van der Waals surface area contributed by atoms with Crippen molar-refractivity contribution in [2.75, 3.05) is 12.3 Å². The summed E-state index contributed by atoms with van der Waals surface area (Å²) < 4.78 is 7.55. The predicted octanol–water partition coefficient (Wildman–Crippen LogP) is 2.54. The number of thioether (sulfide) groups is 1. The molecule has 1 heterocycles. The summed E-state index contributed by atoms with van der Waals surface area (Å²) in [5.41, 5.74) is 0. The number of aromatic nitrogens is 3. The predicted molar refractivity (Wildman–Crippen MR) is 98.6 cm³/mol. The van der Waals surface area contributed by atoms with E-state index in [0.29, 0.717) is 28.3 Å². The fourth-order valence-electron chi connectivity index (χ4n) is 1.85. The van der Waals surface area contributed by atoms with Crippen LogP contribution in [0.1, 0.15) is 5.82 Å². The molecule has 1 amide bonds. The maximum Gasteiger partial charge on any atom is 0.231 e. The maximum atomic E-state index is 11.6. The first-order valence-electron chi connectivity index (χ1n) is 7.38. The Morgan fingerprint density at radius 1 is 1.44 bits per heavy atom. The van der Waals surface area contributed by atoms with Crippen LogP contribution in [0.4, 0.5) is 0 Å². The van der Waals surface area contributed by atoms with Crippen LogP contribution in [0.15, 0.2) is 42.1 Å². The van der Waals surface area contributed by atoms with Crippen LogP contribution < -0.4 is 10.1 Å². The number of halogens is 1. The van der Waals surface area contributed by atoms with Crippen molar-refractivity contribution < 1.29 is 9.53 Å². The fourth-order valence-corrected chi connectivity index (χ4v) is 2.78. The number of hydrogen-bond donors (Lipinski definition) is 1. The summed E-state index contributed by atoms with van der Waals surface area (Å²) in [6.45, 7) is 4.70. The number of allylic oxidation sites excluding steroid dienone is 1. The second-order valence-corrected chi connectivity index (χ2v) is 6.19. The molecule has 8 heteroatoms. The molecule has 2 aromatic rings. The van der Waals surface area contributed by atoms with E-state index in [0.717, 1.165) is 0 Å². The number of benzene rings is 1. The second-order valence-electron chi connectivity index (χ2n) is 4.81. The zero-order valence-electron chi connectivity index (χ0n) is 13.4. The van der Waals surface area contributed by atoms with Gasteiger partial charge >= 0.3 is 0 Å². The van der Waals surface area contributed by atoms with Gasteiger partial charge in [0.25, 0.3) is 0 Å². The molecule has 6 nitrogen and oxygen atoms in total. The van der Waals surface area contributed by atoms with Crippen LogP contribution in [0.5, 0.6) is 5.75 Å². The standard InChI is InChI=1S/C17H17ClN4O2S/c1-3-9-19-16(23)12-25-17-21-20-15(22(17)10-4-2)11-24-14-7-5-13(18)6-8-14/h1,4-8H,2,9-12H2,(H,19,23). The van der Waals surface area contributed by atoms with E-state index in [1.165, 1.54) is 11.8 Å². The van der Waals surface area contributed by atoms with E-state index in [1.54, 1.807) is 30.3 Å². The third kappa shape index (κ3) is 5.85. The van der Waals surface area contributed by atoms with E-state index < -0.39 is 0 Å². The van der Waals surface area contributed by atoms with E-state index >= 15 is 0 Å². The molecule has 2 rings (SSSR count). The molecule has 0 saturated heterocycles. The molecule has 0 aliphatic rings. The van der Waals surface area contributed by atoms with Gasteiger partial charge in [0, 0.05) is 11.6 Å². The van der Waals surface area contributed by atoms with Gasteiger partial charge in [-0.15, -0.1) is 23.2 Å². The van der Waals surface area contributed by atoms with Gasteiger partial charge < -0.3 is 10.1 Å². The molecule has 0 fully saturated rings. The summed E-state index contributed by atoms with van der Waals surface area (Å²) in [7, 11) is 0. The van der Waals surface area contributed by atoms with E-state index in [1.807, 2.05) is 4.57 Å². The number of ether oxygens (including phenoxy) is 1. The highest BCUT2D eigenvalue weighted by atomic mass is 35.5. The number of carbonyl (C=O) groups excluding carboxylic acids is 1. The van der Waals surface area contributed by atoms with Gasteiger partial charge in [-0.2, -0.15) is 0 Å². The summed E-state index contributed by atoms with van der Waals surface area (Å²) in [6.07, 6.45) is 6.84. The first-order chi connectivity index (χ1) is 12.1. The van der Waals surface area contributed by atoms with Crippen molar-refractivity contribution in [2.45, 2.75) is 18.3 Å². The van der Waals surface area contributed by atoms with Crippen LogP contribution in [-0.2, 0) is 17.9 Å². The molecular weight excluding hydrogens is 360 g/mol. The Morgan fingerprint density at radius 2 is 2.20 bits per heavy atom. The van der Waals surface area contributed by atoms with Crippen LogP contribution in [0.25, 0.3) is 0 Å². The van der Waals surface area contributed by atoms with Crippen molar-refractivity contribution in [3.63, 3.8) is 0 Å². The average molecular weight is 377 g/mol. The smallest absolute Gasteiger partial charge is 0.231 e. The first kappa shape index (κ1) is 18.9. The summed E-state index contributed by atoms with van der Waals surface area (Å²) in [6, 6.07) is 7.06. The van der Waals surface area contributed by atoms with Crippen molar-refractivity contribution >= 4 is 29.3 Å². The van der Waals surface area contributed by atoms with E-state index in [9.17, 15) is 4.79 Å². The van der Waals surface area contributed by atoms with Gasteiger partial charge in [0.2, 0.25) is 5.91 Å². The fraction of sp³-hybridized carbons (Fsp3) is 0.235. The quantitative estimate of drug-likeness (QED) is 0.414. The Bertz CT molecular complexity index is 768. The Kier molecular flexibility index (Phi) is 7.38. The third-order valence-corrected chi connectivity index (χ3v) is 4.23. The summed E-state index contributed by atoms with van der Waals surface area (Å²) in [4.78, 5) is 11.6. The van der Waals surface area contributed by atoms with Crippen LogP contribution in [0.2, 0.25) is 5.02 Å². The van der Waals surface area contributed by atoms with Crippen molar-refractivity contribution in [3.8, 4) is 18.1 Å². The normalized spacial score (nSPS) is 10.1. The molecule has 130 valence electrons. The molecule has 25 heavy (non-hydrogen) atoms. The molecule has 0 atom stereocenters. The van der Waals surface area contributed by atoms with Gasteiger partial charge in [0.15, 0.2) is 11.0 Å². The summed E-state index contributed by atoms with van der Waals surface area (Å²) in [5, 5.41) is 12.1. The Hall–Kier alpha value is -2.43. The molecule has 0 unspecified atom stereocenters. The van der Waals surface area contributed by atoms with Crippen molar-refractivity contribution in [1.82, 2.24) is 20.1 Å². The lowest BCUT2D eigenvalue weighted by Gasteiger charge is -2.09. The third-order valence-electron chi connectivity index (χ3n) is 3.01. The second kappa shape index (κ2) is 9.77. The van der Waals surface area contributed by atoms with E-state index in [4.69, 9.17) is 22.8 Å². The molecule has 0 saturated carbocycles. The Morgan fingerprint density at radius 3 is 2.88 bits per heavy atom. The van der Waals surface area contributed by atoms with E-state index in [-0.39, 0.29) is 24.8 Å². The van der Waals surface area contributed by atoms with Gasteiger partial charge in [-0.1, -0.05) is 35.4 Å². The lowest BCUT2D eigenvalue weighted by atomic mass is 10.3. The van der Waals surface area contributed by atoms with Crippen LogP contribution in [-0.4, -0.2) is 33.0 Å². The highest BCUT2D eigenvalue weighted by molar-refractivity contribution is 7.99. The number of nitrogens with one attached hydrogen (secondary N) is 1. The molecule has 0 aliphatic heterocycles. The van der Waals surface area contributed by atoms with Gasteiger partial charge in [-0.3, -0.25) is 9.36 Å². The maximum absolute atomic E-state index is 11.6. The Balaban J connectivity index is 2.00. The number of amides is 1. The topological polar surface area (TPSA) is 69.0 Å². The minimum Gasteiger partial charge on any atom is -0.486 e. The monoisotopic (exact) mass is 376 g/mol. The van der Waals surface area contributed by atoms with Crippen molar-refractivity contribution in [1.29, 1.82) is 0 Å².